The van der Waals surface area contributed by atoms with Gasteiger partial charge in [-0.25, -0.2) is 0 Å². The summed E-state index contributed by atoms with van der Waals surface area (Å²) in [4.78, 5) is 4.58. The number of aromatic hydroxyl groups is 1. The number of hydrogen-bond acceptors (Lipinski definition) is 4. The summed E-state index contributed by atoms with van der Waals surface area (Å²) in [6, 6.07) is 13.4. The molecule has 0 fully saturated rings. The molecule has 2 aromatic rings. The zero-order valence-corrected chi connectivity index (χ0v) is 19.0. The summed E-state index contributed by atoms with van der Waals surface area (Å²) in [6.45, 7) is 4.20. The van der Waals surface area contributed by atoms with E-state index in [0.717, 1.165) is 36.8 Å². The van der Waals surface area contributed by atoms with Crippen molar-refractivity contribution in [1.29, 1.82) is 0 Å². The lowest BCUT2D eigenvalue weighted by Crippen LogP contribution is -2.38. The molecule has 0 saturated carbocycles. The van der Waals surface area contributed by atoms with Crippen molar-refractivity contribution < 1.29 is 14.6 Å². The maximum atomic E-state index is 10.0. The minimum absolute atomic E-state index is 0. The van der Waals surface area contributed by atoms with Gasteiger partial charge in [0, 0.05) is 25.7 Å². The summed E-state index contributed by atoms with van der Waals surface area (Å²) in [6.07, 6.45) is 1.55. The number of benzene rings is 2. The Morgan fingerprint density at radius 2 is 1.64 bits per heavy atom. The lowest BCUT2D eigenvalue weighted by Gasteiger charge is -2.12. The molecule has 0 atom stereocenters. The quantitative estimate of drug-likeness (QED) is 0.280. The van der Waals surface area contributed by atoms with Gasteiger partial charge in [-0.15, -0.1) is 24.0 Å². The van der Waals surface area contributed by atoms with Crippen LogP contribution in [0.5, 0.6) is 17.2 Å². The summed E-state index contributed by atoms with van der Waals surface area (Å²) >= 11 is 0. The second-order valence-corrected chi connectivity index (χ2v) is 6.03. The molecule has 2 aromatic carbocycles. The molecule has 0 aliphatic carbocycles. The Morgan fingerprint density at radius 3 is 2.25 bits per heavy atom. The van der Waals surface area contributed by atoms with Crippen LogP contribution in [0, 0.1) is 0 Å². The molecule has 0 aromatic heterocycles. The highest BCUT2D eigenvalue weighted by molar-refractivity contribution is 14.0. The normalized spacial score (nSPS) is 10.8. The number of phenolic OH excluding ortho intramolecular Hbond substituents is 1. The van der Waals surface area contributed by atoms with Crippen LogP contribution in [0.15, 0.2) is 47.5 Å². The van der Waals surface area contributed by atoms with Gasteiger partial charge in [-0.05, 0) is 49.1 Å². The molecule has 0 unspecified atom stereocenters. The van der Waals surface area contributed by atoms with Gasteiger partial charge in [0.1, 0.15) is 17.2 Å². The fourth-order valence-corrected chi connectivity index (χ4v) is 2.63. The largest absolute Gasteiger partial charge is 0.508 e. The average molecular weight is 499 g/mol. The van der Waals surface area contributed by atoms with E-state index in [1.807, 2.05) is 31.2 Å². The Balaban J connectivity index is 0.00000392. The first-order valence-electron chi connectivity index (χ1n) is 9.17. The first-order chi connectivity index (χ1) is 13.2. The SMILES string of the molecule is CCNC(=NCCc1ccc(OC)cc1O)NCCc1ccc(OC)cc1.I. The molecule has 7 heteroatoms. The van der Waals surface area contributed by atoms with E-state index in [-0.39, 0.29) is 29.7 Å². The lowest BCUT2D eigenvalue weighted by atomic mass is 10.1. The van der Waals surface area contributed by atoms with Gasteiger partial charge in [-0.2, -0.15) is 0 Å². The highest BCUT2D eigenvalue weighted by Crippen LogP contribution is 2.23. The van der Waals surface area contributed by atoms with E-state index >= 15 is 0 Å². The van der Waals surface area contributed by atoms with Crippen LogP contribution in [0.4, 0.5) is 0 Å². The summed E-state index contributed by atoms with van der Waals surface area (Å²) < 4.78 is 10.3. The van der Waals surface area contributed by atoms with Crippen molar-refractivity contribution in [3.8, 4) is 17.2 Å². The number of phenols is 1. The third kappa shape index (κ3) is 7.84. The molecule has 0 bridgehead atoms. The van der Waals surface area contributed by atoms with Crippen LogP contribution in [-0.2, 0) is 12.8 Å². The van der Waals surface area contributed by atoms with E-state index < -0.39 is 0 Å². The molecule has 0 amide bonds. The maximum Gasteiger partial charge on any atom is 0.191 e. The standard InChI is InChI=1S/C21H29N3O3.HI/c1-4-22-21(23-13-11-16-5-8-18(26-2)9-6-16)24-14-12-17-7-10-19(27-3)15-20(17)25;/h5-10,15,25H,4,11-14H2,1-3H3,(H2,22,23,24);1H. The van der Waals surface area contributed by atoms with Crippen LogP contribution in [0.2, 0.25) is 0 Å². The van der Waals surface area contributed by atoms with E-state index in [9.17, 15) is 5.11 Å². The molecule has 154 valence electrons. The van der Waals surface area contributed by atoms with E-state index in [1.165, 1.54) is 5.56 Å². The van der Waals surface area contributed by atoms with E-state index in [0.29, 0.717) is 18.7 Å². The number of nitrogens with zero attached hydrogens (tertiary/aromatic N) is 1. The van der Waals surface area contributed by atoms with Crippen molar-refractivity contribution in [2.45, 2.75) is 19.8 Å². The molecule has 6 nitrogen and oxygen atoms in total. The van der Waals surface area contributed by atoms with Crippen molar-refractivity contribution in [3.05, 3.63) is 53.6 Å². The van der Waals surface area contributed by atoms with E-state index in [2.05, 4.69) is 27.8 Å². The molecule has 0 spiro atoms. The first-order valence-corrected chi connectivity index (χ1v) is 9.17. The summed E-state index contributed by atoms with van der Waals surface area (Å²) in [5.74, 6) is 2.53. The molecule has 0 radical (unpaired) electrons. The monoisotopic (exact) mass is 499 g/mol. The van der Waals surface area contributed by atoms with Crippen molar-refractivity contribution in [1.82, 2.24) is 10.6 Å². The van der Waals surface area contributed by atoms with Crippen molar-refractivity contribution in [2.24, 2.45) is 4.99 Å². The van der Waals surface area contributed by atoms with Gasteiger partial charge in [-0.1, -0.05) is 18.2 Å². The van der Waals surface area contributed by atoms with E-state index in [1.54, 1.807) is 20.3 Å². The Kier molecular flexibility index (Phi) is 11.2. The molecule has 0 heterocycles. The van der Waals surface area contributed by atoms with Gasteiger partial charge in [0.05, 0.1) is 14.2 Å². The predicted molar refractivity (Wildman–Crippen MR) is 124 cm³/mol. The number of rotatable bonds is 9. The van der Waals surface area contributed by atoms with Crippen LogP contribution in [-0.4, -0.2) is 44.9 Å². The Labute approximate surface area is 184 Å². The van der Waals surface area contributed by atoms with Crippen LogP contribution < -0.4 is 20.1 Å². The molecule has 0 saturated heterocycles. The topological polar surface area (TPSA) is 75.1 Å². The Hall–Kier alpha value is -2.16. The van der Waals surface area contributed by atoms with Crippen LogP contribution in [0.25, 0.3) is 0 Å². The van der Waals surface area contributed by atoms with Gasteiger partial charge in [0.2, 0.25) is 0 Å². The number of ether oxygens (including phenoxy) is 2. The van der Waals surface area contributed by atoms with E-state index in [4.69, 9.17) is 9.47 Å². The van der Waals surface area contributed by atoms with Crippen molar-refractivity contribution in [3.63, 3.8) is 0 Å². The second-order valence-electron chi connectivity index (χ2n) is 6.03. The minimum atomic E-state index is 0. The molecule has 2 rings (SSSR count). The molecular formula is C21H30IN3O3. The third-order valence-corrected chi connectivity index (χ3v) is 4.15. The minimum Gasteiger partial charge on any atom is -0.508 e. The molecule has 28 heavy (non-hydrogen) atoms. The average Bonchev–Trinajstić information content (AvgIpc) is 2.69. The van der Waals surface area contributed by atoms with Gasteiger partial charge in [-0.3, -0.25) is 4.99 Å². The molecule has 3 N–H and O–H groups in total. The molecule has 0 aliphatic rings. The highest BCUT2D eigenvalue weighted by Gasteiger charge is 2.04. The number of hydrogen-bond donors (Lipinski definition) is 3. The molecule has 0 aliphatic heterocycles. The van der Waals surface area contributed by atoms with Crippen molar-refractivity contribution in [2.75, 3.05) is 33.9 Å². The second kappa shape index (κ2) is 13.1. The van der Waals surface area contributed by atoms with Gasteiger partial charge < -0.3 is 25.2 Å². The zero-order chi connectivity index (χ0) is 19.5. The number of aliphatic imine (C=N–C) groups is 1. The Morgan fingerprint density at radius 1 is 0.964 bits per heavy atom. The van der Waals surface area contributed by atoms with Gasteiger partial charge in [0.25, 0.3) is 0 Å². The third-order valence-electron chi connectivity index (χ3n) is 4.15. The first kappa shape index (κ1) is 23.9. The zero-order valence-electron chi connectivity index (χ0n) is 16.7. The van der Waals surface area contributed by atoms with Crippen molar-refractivity contribution >= 4 is 29.9 Å². The van der Waals surface area contributed by atoms with Gasteiger partial charge in [0.15, 0.2) is 5.96 Å². The smallest absolute Gasteiger partial charge is 0.191 e. The fraction of sp³-hybridized carbons (Fsp3) is 0.381. The van der Waals surface area contributed by atoms with Crippen LogP contribution >= 0.6 is 24.0 Å². The number of nitrogens with one attached hydrogen (secondary N) is 2. The maximum absolute atomic E-state index is 10.0. The Bertz CT molecular complexity index is 736. The fourth-order valence-electron chi connectivity index (χ4n) is 2.63. The number of methoxy groups -OCH3 is 2. The summed E-state index contributed by atoms with van der Waals surface area (Å²) in [5.41, 5.74) is 2.09. The highest BCUT2D eigenvalue weighted by atomic mass is 127. The summed E-state index contributed by atoms with van der Waals surface area (Å²) in [7, 11) is 3.25. The summed E-state index contributed by atoms with van der Waals surface area (Å²) in [5, 5.41) is 16.6. The molecular weight excluding hydrogens is 469 g/mol. The van der Waals surface area contributed by atoms with Crippen LogP contribution in [0.1, 0.15) is 18.1 Å². The van der Waals surface area contributed by atoms with Crippen LogP contribution in [0.3, 0.4) is 0 Å². The van der Waals surface area contributed by atoms with Gasteiger partial charge >= 0.3 is 0 Å². The number of halogens is 1. The lowest BCUT2D eigenvalue weighted by molar-refractivity contribution is 0.406. The number of guanidine groups is 1. The predicted octanol–water partition coefficient (Wildman–Crippen LogP) is 3.37.